The summed E-state index contributed by atoms with van der Waals surface area (Å²) in [6.45, 7) is 1.41. The van der Waals surface area contributed by atoms with E-state index < -0.39 is 10.4 Å². The second-order valence-corrected chi connectivity index (χ2v) is 4.39. The lowest BCUT2D eigenvalue weighted by atomic mass is 10.2. The molecule has 0 aromatic heterocycles. The summed E-state index contributed by atoms with van der Waals surface area (Å²) in [4.78, 5) is 10.8. The zero-order valence-electron chi connectivity index (χ0n) is 9.78. The number of allylic oxidation sites excluding steroid dienone is 1. The first-order valence-corrected chi connectivity index (χ1v) is 6.22. The highest BCUT2D eigenvalue weighted by Crippen LogP contribution is 2.29. The van der Waals surface area contributed by atoms with Crippen LogP contribution in [0.25, 0.3) is 6.08 Å². The van der Waals surface area contributed by atoms with Gasteiger partial charge in [0.1, 0.15) is 0 Å². The Bertz CT molecular complexity index is 573. The van der Waals surface area contributed by atoms with E-state index in [1.807, 2.05) is 0 Å². The fraction of sp³-hybridized carbons (Fsp3) is 0.182. The lowest BCUT2D eigenvalue weighted by Gasteiger charge is -2.08. The summed E-state index contributed by atoms with van der Waals surface area (Å²) in [6, 6.07) is 4.30. The zero-order chi connectivity index (χ0) is 13.8. The van der Waals surface area contributed by atoms with Crippen LogP contribution in [-0.2, 0) is 15.2 Å². The molecule has 1 N–H and O–H groups in total. The van der Waals surface area contributed by atoms with Gasteiger partial charge >= 0.3 is 10.4 Å². The maximum absolute atomic E-state index is 10.8. The second-order valence-electron chi connectivity index (χ2n) is 3.37. The van der Waals surface area contributed by atoms with Gasteiger partial charge in [-0.25, -0.2) is 0 Å². The van der Waals surface area contributed by atoms with Crippen molar-refractivity contribution in [3.05, 3.63) is 29.8 Å². The van der Waals surface area contributed by atoms with E-state index in [9.17, 15) is 13.2 Å². The quantitative estimate of drug-likeness (QED) is 0.645. The number of carbonyl (C=O) groups is 1. The molecule has 98 valence electrons. The van der Waals surface area contributed by atoms with Gasteiger partial charge in [-0.1, -0.05) is 12.1 Å². The molecule has 0 atom stereocenters. The van der Waals surface area contributed by atoms with E-state index in [1.54, 1.807) is 6.08 Å². The minimum absolute atomic E-state index is 0.118. The van der Waals surface area contributed by atoms with Gasteiger partial charge in [0.25, 0.3) is 0 Å². The number of methoxy groups -OCH3 is 1. The van der Waals surface area contributed by atoms with Crippen molar-refractivity contribution in [2.45, 2.75) is 6.92 Å². The second kappa shape index (κ2) is 5.65. The summed E-state index contributed by atoms with van der Waals surface area (Å²) in [5, 5.41) is 0. The third kappa shape index (κ3) is 4.56. The van der Waals surface area contributed by atoms with Crippen molar-refractivity contribution < 1.29 is 26.7 Å². The lowest BCUT2D eigenvalue weighted by molar-refractivity contribution is -0.112. The predicted octanol–water partition coefficient (Wildman–Crippen LogP) is 1.48. The molecule has 1 aromatic rings. The minimum atomic E-state index is -4.60. The molecule has 0 fully saturated rings. The molecule has 0 unspecified atom stereocenters. The molecule has 1 rings (SSSR count). The molecule has 0 aliphatic rings. The Morgan fingerprint density at radius 2 is 2.00 bits per heavy atom. The van der Waals surface area contributed by atoms with Gasteiger partial charge in [0.15, 0.2) is 17.3 Å². The van der Waals surface area contributed by atoms with E-state index in [1.165, 1.54) is 38.3 Å². The van der Waals surface area contributed by atoms with Crippen LogP contribution in [0, 0.1) is 0 Å². The average molecular weight is 272 g/mol. The Labute approximate surface area is 105 Å². The fourth-order valence-electron chi connectivity index (χ4n) is 1.18. The van der Waals surface area contributed by atoms with E-state index >= 15 is 0 Å². The summed E-state index contributed by atoms with van der Waals surface area (Å²) in [5.41, 5.74) is 0.629. The first-order chi connectivity index (χ1) is 8.31. The molecule has 18 heavy (non-hydrogen) atoms. The molecule has 6 nitrogen and oxygen atoms in total. The van der Waals surface area contributed by atoms with Crippen LogP contribution in [0.4, 0.5) is 0 Å². The Balaban J connectivity index is 3.07. The van der Waals surface area contributed by atoms with Crippen LogP contribution >= 0.6 is 0 Å². The SMILES string of the molecule is COc1cc(/C=C/C(C)=O)ccc1OS(=O)(=O)O. The molecule has 0 spiro atoms. The van der Waals surface area contributed by atoms with Gasteiger partial charge < -0.3 is 8.92 Å². The van der Waals surface area contributed by atoms with Crippen LogP contribution in [0.2, 0.25) is 0 Å². The molecule has 0 heterocycles. The van der Waals surface area contributed by atoms with Crippen molar-refractivity contribution in [1.82, 2.24) is 0 Å². The summed E-state index contributed by atoms with van der Waals surface area (Å²) in [5.74, 6) is -0.134. The molecule has 0 saturated carbocycles. The summed E-state index contributed by atoms with van der Waals surface area (Å²) in [6.07, 6.45) is 2.90. The molecule has 0 aliphatic carbocycles. The summed E-state index contributed by atoms with van der Waals surface area (Å²) >= 11 is 0. The van der Waals surface area contributed by atoms with Gasteiger partial charge in [0.05, 0.1) is 7.11 Å². The number of hydrogen-bond donors (Lipinski definition) is 1. The first-order valence-electron chi connectivity index (χ1n) is 4.85. The van der Waals surface area contributed by atoms with Crippen molar-refractivity contribution in [3.8, 4) is 11.5 Å². The molecular formula is C11H12O6S. The summed E-state index contributed by atoms with van der Waals surface area (Å²) in [7, 11) is -3.28. The van der Waals surface area contributed by atoms with Gasteiger partial charge in [-0.2, -0.15) is 8.42 Å². The van der Waals surface area contributed by atoms with Crippen molar-refractivity contribution in [3.63, 3.8) is 0 Å². The Kier molecular flexibility index (Phi) is 4.46. The molecule has 7 heteroatoms. The van der Waals surface area contributed by atoms with Crippen LogP contribution in [0.3, 0.4) is 0 Å². The molecule has 1 aromatic carbocycles. The monoisotopic (exact) mass is 272 g/mol. The van der Waals surface area contributed by atoms with E-state index in [0.29, 0.717) is 5.56 Å². The lowest BCUT2D eigenvalue weighted by Crippen LogP contribution is -2.07. The highest BCUT2D eigenvalue weighted by Gasteiger charge is 2.12. The van der Waals surface area contributed by atoms with Crippen molar-refractivity contribution >= 4 is 22.3 Å². The maximum atomic E-state index is 10.8. The van der Waals surface area contributed by atoms with Gasteiger partial charge in [0, 0.05) is 0 Å². The van der Waals surface area contributed by atoms with E-state index in [0.717, 1.165) is 0 Å². The Morgan fingerprint density at radius 3 is 2.50 bits per heavy atom. The van der Waals surface area contributed by atoms with Crippen molar-refractivity contribution in [2.24, 2.45) is 0 Å². The maximum Gasteiger partial charge on any atom is 0.446 e. The molecule has 0 saturated heterocycles. The van der Waals surface area contributed by atoms with Crippen LogP contribution in [0.15, 0.2) is 24.3 Å². The van der Waals surface area contributed by atoms with E-state index in [4.69, 9.17) is 9.29 Å². The fourth-order valence-corrected chi connectivity index (χ4v) is 1.55. The minimum Gasteiger partial charge on any atom is -0.493 e. The normalized spacial score (nSPS) is 11.5. The third-order valence-corrected chi connectivity index (χ3v) is 2.28. The molecule has 0 aliphatic heterocycles. The van der Waals surface area contributed by atoms with Gasteiger partial charge in [-0.05, 0) is 30.7 Å². The standard InChI is InChI=1S/C11H12O6S/c1-8(12)3-4-9-5-6-10(11(7-9)16-2)17-18(13,14)15/h3-7H,1-2H3,(H,13,14,15)/b4-3+. The number of benzene rings is 1. The number of carbonyl (C=O) groups excluding carboxylic acids is 1. The number of hydrogen-bond acceptors (Lipinski definition) is 5. The van der Waals surface area contributed by atoms with Crippen LogP contribution in [-0.4, -0.2) is 25.9 Å². The van der Waals surface area contributed by atoms with Gasteiger partial charge in [-0.15, -0.1) is 0 Å². The van der Waals surface area contributed by atoms with Crippen molar-refractivity contribution in [2.75, 3.05) is 7.11 Å². The number of ether oxygens (including phenoxy) is 1. The smallest absolute Gasteiger partial charge is 0.446 e. The number of ketones is 1. The van der Waals surface area contributed by atoms with Gasteiger partial charge in [-0.3, -0.25) is 9.35 Å². The van der Waals surface area contributed by atoms with Crippen LogP contribution in [0.5, 0.6) is 11.5 Å². The summed E-state index contributed by atoms with van der Waals surface area (Å²) < 4.78 is 39.0. The number of rotatable bonds is 5. The largest absolute Gasteiger partial charge is 0.493 e. The Hall–Kier alpha value is -1.86. The zero-order valence-corrected chi connectivity index (χ0v) is 10.6. The highest BCUT2D eigenvalue weighted by molar-refractivity contribution is 7.81. The highest BCUT2D eigenvalue weighted by atomic mass is 32.3. The Morgan fingerprint density at radius 1 is 1.33 bits per heavy atom. The van der Waals surface area contributed by atoms with Crippen LogP contribution in [0.1, 0.15) is 12.5 Å². The average Bonchev–Trinajstić information content (AvgIpc) is 2.25. The molecule has 0 bridgehead atoms. The molecule has 0 amide bonds. The van der Waals surface area contributed by atoms with Crippen molar-refractivity contribution in [1.29, 1.82) is 0 Å². The topological polar surface area (TPSA) is 89.9 Å². The first kappa shape index (κ1) is 14.2. The third-order valence-electron chi connectivity index (χ3n) is 1.89. The predicted molar refractivity (Wildman–Crippen MR) is 64.9 cm³/mol. The molecule has 0 radical (unpaired) electrons. The van der Waals surface area contributed by atoms with Gasteiger partial charge in [0.2, 0.25) is 0 Å². The van der Waals surface area contributed by atoms with E-state index in [2.05, 4.69) is 4.18 Å². The van der Waals surface area contributed by atoms with E-state index in [-0.39, 0.29) is 17.3 Å². The molecular weight excluding hydrogens is 260 g/mol. The van der Waals surface area contributed by atoms with Crippen LogP contribution < -0.4 is 8.92 Å².